The van der Waals surface area contributed by atoms with Gasteiger partial charge in [-0.25, -0.2) is 0 Å². The number of rotatable bonds is 9. The van der Waals surface area contributed by atoms with Gasteiger partial charge in [-0.15, -0.1) is 0 Å². The van der Waals surface area contributed by atoms with E-state index in [1.807, 2.05) is 17.9 Å². The summed E-state index contributed by atoms with van der Waals surface area (Å²) in [5.41, 5.74) is 1.47. The van der Waals surface area contributed by atoms with Gasteiger partial charge < -0.3 is 15.7 Å². The van der Waals surface area contributed by atoms with Crippen LogP contribution in [0.15, 0.2) is 17.4 Å². The van der Waals surface area contributed by atoms with E-state index in [2.05, 4.69) is 28.9 Å². The van der Waals surface area contributed by atoms with E-state index in [0.717, 1.165) is 44.9 Å². The molecular formula is C19H35N5O. The van der Waals surface area contributed by atoms with Crippen molar-refractivity contribution < 1.29 is 5.11 Å². The molecule has 6 heteroatoms. The van der Waals surface area contributed by atoms with E-state index in [1.165, 1.54) is 37.7 Å². The molecule has 0 unspecified atom stereocenters. The molecule has 0 saturated heterocycles. The zero-order valence-corrected chi connectivity index (χ0v) is 15.9. The zero-order chi connectivity index (χ0) is 18.0. The zero-order valence-electron chi connectivity index (χ0n) is 15.9. The number of aliphatic hydroxyl groups excluding tert-OH is 1. The van der Waals surface area contributed by atoms with Crippen LogP contribution in [0.2, 0.25) is 0 Å². The topological polar surface area (TPSA) is 74.5 Å². The third kappa shape index (κ3) is 6.69. The first kappa shape index (κ1) is 19.8. The number of aromatic nitrogens is 2. The molecule has 0 aliphatic heterocycles. The third-order valence-electron chi connectivity index (χ3n) is 5.17. The molecule has 3 N–H and O–H groups in total. The Morgan fingerprint density at radius 1 is 1.32 bits per heavy atom. The first-order chi connectivity index (χ1) is 12.2. The largest absolute Gasteiger partial charge is 0.396 e. The van der Waals surface area contributed by atoms with Gasteiger partial charge in [-0.1, -0.05) is 19.3 Å². The van der Waals surface area contributed by atoms with Crippen molar-refractivity contribution in [1.29, 1.82) is 0 Å². The van der Waals surface area contributed by atoms with Crippen LogP contribution in [0.4, 0.5) is 0 Å². The van der Waals surface area contributed by atoms with E-state index in [1.54, 1.807) is 0 Å². The maximum absolute atomic E-state index is 9.45. The molecule has 142 valence electrons. The van der Waals surface area contributed by atoms with Crippen LogP contribution in [0.5, 0.6) is 0 Å². The maximum atomic E-state index is 9.45. The predicted octanol–water partition coefficient (Wildman–Crippen LogP) is 2.24. The van der Waals surface area contributed by atoms with Crippen molar-refractivity contribution in [2.45, 2.75) is 58.3 Å². The van der Waals surface area contributed by atoms with E-state index in [4.69, 9.17) is 4.99 Å². The van der Waals surface area contributed by atoms with E-state index < -0.39 is 0 Å². The lowest BCUT2D eigenvalue weighted by molar-refractivity contribution is 0.137. The molecule has 25 heavy (non-hydrogen) atoms. The van der Waals surface area contributed by atoms with Crippen molar-refractivity contribution in [3.8, 4) is 0 Å². The van der Waals surface area contributed by atoms with Crippen LogP contribution < -0.4 is 10.6 Å². The Morgan fingerprint density at radius 2 is 2.12 bits per heavy atom. The van der Waals surface area contributed by atoms with Crippen molar-refractivity contribution in [2.75, 3.05) is 26.2 Å². The Hall–Kier alpha value is -1.56. The number of nitrogens with zero attached hydrogens (tertiary/aromatic N) is 3. The maximum Gasteiger partial charge on any atom is 0.191 e. The van der Waals surface area contributed by atoms with E-state index in [9.17, 15) is 5.11 Å². The Morgan fingerprint density at radius 3 is 2.76 bits per heavy atom. The number of hydrogen-bond acceptors (Lipinski definition) is 3. The van der Waals surface area contributed by atoms with Crippen molar-refractivity contribution in [3.63, 3.8) is 0 Å². The predicted molar refractivity (Wildman–Crippen MR) is 103 cm³/mol. The van der Waals surface area contributed by atoms with Gasteiger partial charge in [0.1, 0.15) is 0 Å². The highest BCUT2D eigenvalue weighted by Gasteiger charge is 2.31. The molecular weight excluding hydrogens is 314 g/mol. The molecule has 1 aliphatic rings. The average Bonchev–Trinajstić information content (AvgIpc) is 3.03. The Kier molecular flexibility index (Phi) is 8.25. The molecule has 0 spiro atoms. The van der Waals surface area contributed by atoms with Gasteiger partial charge >= 0.3 is 0 Å². The fourth-order valence-electron chi connectivity index (χ4n) is 3.71. The van der Waals surface area contributed by atoms with Crippen molar-refractivity contribution in [2.24, 2.45) is 17.5 Å². The number of guanidine groups is 1. The molecule has 1 aromatic rings. The molecule has 1 aromatic heterocycles. The second-order valence-electron chi connectivity index (χ2n) is 7.28. The van der Waals surface area contributed by atoms with Crippen LogP contribution in [0.25, 0.3) is 0 Å². The highest BCUT2D eigenvalue weighted by Crippen LogP contribution is 2.39. The Balaban J connectivity index is 1.81. The van der Waals surface area contributed by atoms with Gasteiger partial charge in [0.25, 0.3) is 0 Å². The van der Waals surface area contributed by atoms with Crippen LogP contribution in [-0.4, -0.2) is 47.1 Å². The highest BCUT2D eigenvalue weighted by molar-refractivity contribution is 5.79. The van der Waals surface area contributed by atoms with Crippen molar-refractivity contribution in [3.05, 3.63) is 18.0 Å². The summed E-state index contributed by atoms with van der Waals surface area (Å²) in [6.07, 6.45) is 13.2. The summed E-state index contributed by atoms with van der Waals surface area (Å²) < 4.78 is 1.85. The summed E-state index contributed by atoms with van der Waals surface area (Å²) in [7, 11) is 1.95. The van der Waals surface area contributed by atoms with Crippen LogP contribution in [0, 0.1) is 5.41 Å². The molecule has 1 saturated carbocycles. The normalized spacial score (nSPS) is 17.5. The number of aliphatic imine (C=N–C) groups is 1. The second kappa shape index (κ2) is 10.4. The van der Waals surface area contributed by atoms with Gasteiger partial charge in [0.15, 0.2) is 5.96 Å². The Bertz CT molecular complexity index is 514. The fraction of sp³-hybridized carbons (Fsp3) is 0.789. The minimum absolute atomic E-state index is 0.199. The SMILES string of the molecule is CCNC(=NCC1(CCO)CCCCC1)NCCCc1cnn(C)c1. The van der Waals surface area contributed by atoms with E-state index in [0.29, 0.717) is 0 Å². The third-order valence-corrected chi connectivity index (χ3v) is 5.17. The van der Waals surface area contributed by atoms with Crippen molar-refractivity contribution in [1.82, 2.24) is 20.4 Å². The fourth-order valence-corrected chi connectivity index (χ4v) is 3.71. The van der Waals surface area contributed by atoms with Gasteiger partial charge in [-0.2, -0.15) is 5.10 Å². The van der Waals surface area contributed by atoms with E-state index in [-0.39, 0.29) is 12.0 Å². The lowest BCUT2D eigenvalue weighted by Gasteiger charge is -2.35. The minimum atomic E-state index is 0.199. The number of nitrogens with one attached hydrogen (secondary N) is 2. The average molecular weight is 350 g/mol. The highest BCUT2D eigenvalue weighted by atomic mass is 16.3. The first-order valence-corrected chi connectivity index (χ1v) is 9.78. The lowest BCUT2D eigenvalue weighted by Crippen LogP contribution is -2.39. The molecule has 0 radical (unpaired) electrons. The summed E-state index contributed by atoms with van der Waals surface area (Å²) in [6.45, 7) is 4.93. The standard InChI is InChI=1S/C19H35N5O/c1-3-20-18(21-12-7-8-17-14-23-24(2)15-17)22-16-19(11-13-25)9-5-4-6-10-19/h14-15,25H,3-13,16H2,1-2H3,(H2,20,21,22). The van der Waals surface area contributed by atoms with Crippen LogP contribution >= 0.6 is 0 Å². The molecule has 2 rings (SSSR count). The molecule has 0 amide bonds. The van der Waals surface area contributed by atoms with Gasteiger partial charge in [-0.05, 0) is 50.0 Å². The summed E-state index contributed by atoms with van der Waals surface area (Å²) in [5, 5.41) is 20.4. The molecule has 1 aliphatic carbocycles. The smallest absolute Gasteiger partial charge is 0.191 e. The molecule has 0 atom stereocenters. The first-order valence-electron chi connectivity index (χ1n) is 9.78. The number of aryl methyl sites for hydroxylation is 2. The van der Waals surface area contributed by atoms with Gasteiger partial charge in [0, 0.05) is 39.5 Å². The van der Waals surface area contributed by atoms with Gasteiger partial charge in [-0.3, -0.25) is 9.67 Å². The second-order valence-corrected chi connectivity index (χ2v) is 7.28. The molecule has 0 bridgehead atoms. The number of aliphatic hydroxyl groups is 1. The van der Waals surface area contributed by atoms with Crippen LogP contribution in [-0.2, 0) is 13.5 Å². The summed E-state index contributed by atoms with van der Waals surface area (Å²) in [4.78, 5) is 4.84. The minimum Gasteiger partial charge on any atom is -0.396 e. The molecule has 1 fully saturated rings. The summed E-state index contributed by atoms with van der Waals surface area (Å²) in [6, 6.07) is 0. The summed E-state index contributed by atoms with van der Waals surface area (Å²) in [5.74, 6) is 0.900. The lowest BCUT2D eigenvalue weighted by atomic mass is 9.72. The van der Waals surface area contributed by atoms with Crippen LogP contribution in [0.3, 0.4) is 0 Å². The summed E-state index contributed by atoms with van der Waals surface area (Å²) >= 11 is 0. The molecule has 1 heterocycles. The van der Waals surface area contributed by atoms with Crippen LogP contribution in [0.1, 0.15) is 57.4 Å². The quantitative estimate of drug-likeness (QED) is 0.363. The van der Waals surface area contributed by atoms with E-state index >= 15 is 0 Å². The Labute approximate surface area is 152 Å². The molecule has 6 nitrogen and oxygen atoms in total. The molecule has 0 aromatic carbocycles. The van der Waals surface area contributed by atoms with Gasteiger partial charge in [0.2, 0.25) is 0 Å². The van der Waals surface area contributed by atoms with Gasteiger partial charge in [0.05, 0.1) is 6.20 Å². The number of hydrogen-bond donors (Lipinski definition) is 3. The van der Waals surface area contributed by atoms with Crippen molar-refractivity contribution >= 4 is 5.96 Å². The monoisotopic (exact) mass is 349 g/mol.